The van der Waals surface area contributed by atoms with Crippen molar-refractivity contribution >= 4 is 23.0 Å². The molecule has 3 aromatic carbocycles. The van der Waals surface area contributed by atoms with Crippen molar-refractivity contribution < 1.29 is 23.8 Å². The Hall–Kier alpha value is -4.10. The smallest absolute Gasteiger partial charge is 0.408 e. The number of hydrogen-bond donors (Lipinski definition) is 3. The molecule has 0 aliphatic heterocycles. The molecule has 0 saturated heterocycles. The van der Waals surface area contributed by atoms with E-state index in [0.29, 0.717) is 30.6 Å². The maximum Gasteiger partial charge on any atom is 0.408 e. The number of aryl methyl sites for hydroxylation is 1. The molecule has 7 heteroatoms. The Morgan fingerprint density at radius 2 is 1.51 bits per heavy atom. The molecule has 3 atom stereocenters. The molecule has 2 amide bonds. The number of carbonyl (C=O) groups is 2. The molecule has 0 radical (unpaired) electrons. The zero-order valence-corrected chi connectivity index (χ0v) is 22.4. The summed E-state index contributed by atoms with van der Waals surface area (Å²) in [7, 11) is 0. The number of amides is 2. The van der Waals surface area contributed by atoms with Crippen LogP contribution in [-0.2, 0) is 22.6 Å². The van der Waals surface area contributed by atoms with Crippen molar-refractivity contribution in [1.29, 1.82) is 0 Å². The Bertz CT molecular complexity index is 1300. The van der Waals surface area contributed by atoms with E-state index in [4.69, 9.17) is 9.15 Å². The third kappa shape index (κ3) is 8.19. The van der Waals surface area contributed by atoms with Crippen molar-refractivity contribution in [2.75, 3.05) is 0 Å². The van der Waals surface area contributed by atoms with Gasteiger partial charge in [0.25, 0.3) is 0 Å². The minimum atomic E-state index is -1.07. The van der Waals surface area contributed by atoms with E-state index >= 15 is 0 Å². The van der Waals surface area contributed by atoms with Gasteiger partial charge in [0, 0.05) is 5.39 Å². The SMILES string of the molecule is CC(C)CC(NC(=O)OCc1ccccc1)C(=O)NC(CCc1ccccc1)C(O)c1cc2ccccc2o1. The van der Waals surface area contributed by atoms with E-state index in [-0.39, 0.29) is 18.4 Å². The lowest BCUT2D eigenvalue weighted by Gasteiger charge is -2.27. The Morgan fingerprint density at radius 3 is 2.18 bits per heavy atom. The Morgan fingerprint density at radius 1 is 0.872 bits per heavy atom. The topological polar surface area (TPSA) is 101 Å². The molecule has 4 aromatic rings. The average Bonchev–Trinajstić information content (AvgIpc) is 3.39. The first-order chi connectivity index (χ1) is 18.9. The third-order valence-electron chi connectivity index (χ3n) is 6.56. The molecule has 3 N–H and O–H groups in total. The van der Waals surface area contributed by atoms with Gasteiger partial charge >= 0.3 is 6.09 Å². The number of rotatable bonds is 12. The van der Waals surface area contributed by atoms with E-state index in [1.807, 2.05) is 98.8 Å². The maximum absolute atomic E-state index is 13.5. The van der Waals surface area contributed by atoms with Gasteiger partial charge in [-0.05, 0) is 48.4 Å². The summed E-state index contributed by atoms with van der Waals surface area (Å²) in [5, 5.41) is 17.9. The van der Waals surface area contributed by atoms with Gasteiger partial charge in [-0.2, -0.15) is 0 Å². The van der Waals surface area contributed by atoms with Gasteiger partial charge in [0.15, 0.2) is 0 Å². The molecule has 4 rings (SSSR count). The summed E-state index contributed by atoms with van der Waals surface area (Å²) in [6.45, 7) is 4.06. The van der Waals surface area contributed by atoms with Crippen molar-refractivity contribution in [3.8, 4) is 0 Å². The molecule has 3 unspecified atom stereocenters. The van der Waals surface area contributed by atoms with E-state index in [1.165, 1.54) is 0 Å². The Labute approximate surface area is 229 Å². The molecule has 1 aromatic heterocycles. The van der Waals surface area contributed by atoms with Gasteiger partial charge in [-0.3, -0.25) is 4.79 Å². The maximum atomic E-state index is 13.5. The summed E-state index contributed by atoms with van der Waals surface area (Å²) in [4.78, 5) is 26.1. The van der Waals surface area contributed by atoms with Crippen LogP contribution < -0.4 is 10.6 Å². The molecule has 0 bridgehead atoms. The summed E-state index contributed by atoms with van der Waals surface area (Å²) >= 11 is 0. The molecule has 0 saturated carbocycles. The predicted molar refractivity (Wildman–Crippen MR) is 151 cm³/mol. The molecule has 0 spiro atoms. The number of hydrogen-bond acceptors (Lipinski definition) is 5. The van der Waals surface area contributed by atoms with Gasteiger partial charge in [-0.25, -0.2) is 4.79 Å². The van der Waals surface area contributed by atoms with E-state index < -0.39 is 24.3 Å². The highest BCUT2D eigenvalue weighted by atomic mass is 16.5. The zero-order valence-electron chi connectivity index (χ0n) is 22.4. The van der Waals surface area contributed by atoms with Crippen LogP contribution in [0.25, 0.3) is 11.0 Å². The fourth-order valence-corrected chi connectivity index (χ4v) is 4.52. The molecule has 204 valence electrons. The van der Waals surface area contributed by atoms with Gasteiger partial charge in [-0.15, -0.1) is 0 Å². The lowest BCUT2D eigenvalue weighted by atomic mass is 9.98. The van der Waals surface area contributed by atoms with Crippen LogP contribution in [0.2, 0.25) is 0 Å². The van der Waals surface area contributed by atoms with Gasteiger partial charge in [0.2, 0.25) is 5.91 Å². The molecular formula is C32H36N2O5. The molecule has 0 aliphatic carbocycles. The number of carbonyl (C=O) groups excluding carboxylic acids is 2. The third-order valence-corrected chi connectivity index (χ3v) is 6.56. The summed E-state index contributed by atoms with van der Waals surface area (Å²) in [6.07, 6.45) is -0.211. The summed E-state index contributed by atoms with van der Waals surface area (Å²) < 4.78 is 11.3. The van der Waals surface area contributed by atoms with Gasteiger partial charge < -0.3 is 24.9 Å². The fraction of sp³-hybridized carbons (Fsp3) is 0.312. The Kier molecular flexibility index (Phi) is 9.75. The van der Waals surface area contributed by atoms with Crippen LogP contribution >= 0.6 is 0 Å². The summed E-state index contributed by atoms with van der Waals surface area (Å²) in [5.74, 6) is 0.136. The second-order valence-corrected chi connectivity index (χ2v) is 10.2. The summed E-state index contributed by atoms with van der Waals surface area (Å²) in [5.41, 5.74) is 2.61. The van der Waals surface area contributed by atoms with Crippen molar-refractivity contribution in [1.82, 2.24) is 10.6 Å². The molecular weight excluding hydrogens is 492 g/mol. The van der Waals surface area contributed by atoms with E-state index in [1.54, 1.807) is 6.07 Å². The number of aliphatic hydroxyl groups excluding tert-OH is 1. The van der Waals surface area contributed by atoms with E-state index in [0.717, 1.165) is 16.5 Å². The van der Waals surface area contributed by atoms with Crippen molar-refractivity contribution in [3.63, 3.8) is 0 Å². The predicted octanol–water partition coefficient (Wildman–Crippen LogP) is 5.92. The number of para-hydroxylation sites is 1. The lowest BCUT2D eigenvalue weighted by molar-refractivity contribution is -0.125. The fourth-order valence-electron chi connectivity index (χ4n) is 4.52. The van der Waals surface area contributed by atoms with Crippen LogP contribution in [0, 0.1) is 5.92 Å². The highest BCUT2D eigenvalue weighted by Crippen LogP contribution is 2.27. The first-order valence-electron chi connectivity index (χ1n) is 13.4. The second-order valence-electron chi connectivity index (χ2n) is 10.2. The number of alkyl carbamates (subject to hydrolysis) is 1. The lowest BCUT2D eigenvalue weighted by Crippen LogP contribution is -2.51. The van der Waals surface area contributed by atoms with Crippen LogP contribution in [0.4, 0.5) is 4.79 Å². The molecule has 39 heavy (non-hydrogen) atoms. The van der Waals surface area contributed by atoms with Gasteiger partial charge in [-0.1, -0.05) is 92.7 Å². The minimum Gasteiger partial charge on any atom is -0.458 e. The van der Waals surface area contributed by atoms with Crippen molar-refractivity contribution in [3.05, 3.63) is 108 Å². The van der Waals surface area contributed by atoms with E-state index in [9.17, 15) is 14.7 Å². The molecule has 0 aliphatic rings. The number of benzene rings is 3. The van der Waals surface area contributed by atoms with Crippen LogP contribution in [0.15, 0.2) is 95.4 Å². The number of furan rings is 1. The average molecular weight is 529 g/mol. The van der Waals surface area contributed by atoms with Crippen molar-refractivity contribution in [2.24, 2.45) is 5.92 Å². The monoisotopic (exact) mass is 528 g/mol. The first-order valence-corrected chi connectivity index (χ1v) is 13.4. The van der Waals surface area contributed by atoms with Crippen LogP contribution in [0.1, 0.15) is 49.7 Å². The number of aliphatic hydroxyl groups is 1. The van der Waals surface area contributed by atoms with Crippen LogP contribution in [0.3, 0.4) is 0 Å². The minimum absolute atomic E-state index is 0.104. The second kappa shape index (κ2) is 13.6. The standard InChI is InChI=1S/C32H36N2O5/c1-22(2)19-27(34-32(37)38-21-24-13-7-4-8-14-24)31(36)33-26(18-17-23-11-5-3-6-12-23)30(35)29-20-25-15-9-10-16-28(25)39-29/h3-16,20,22,26-27,30,35H,17-19,21H2,1-2H3,(H,33,36)(H,34,37). The molecule has 7 nitrogen and oxygen atoms in total. The first kappa shape index (κ1) is 27.9. The molecule has 0 fully saturated rings. The number of fused-ring (bicyclic) bond motifs is 1. The largest absolute Gasteiger partial charge is 0.458 e. The number of ether oxygens (including phenoxy) is 1. The van der Waals surface area contributed by atoms with Gasteiger partial charge in [0.1, 0.15) is 30.1 Å². The van der Waals surface area contributed by atoms with Gasteiger partial charge in [0.05, 0.1) is 6.04 Å². The van der Waals surface area contributed by atoms with Crippen LogP contribution in [0.5, 0.6) is 0 Å². The Balaban J connectivity index is 1.47. The molecule has 1 heterocycles. The zero-order chi connectivity index (χ0) is 27.6. The normalized spacial score (nSPS) is 13.5. The highest BCUT2D eigenvalue weighted by molar-refractivity contribution is 5.86. The summed E-state index contributed by atoms with van der Waals surface area (Å²) in [6, 6.07) is 27.1. The quantitative estimate of drug-likeness (QED) is 0.212. The van der Waals surface area contributed by atoms with E-state index in [2.05, 4.69) is 10.6 Å². The van der Waals surface area contributed by atoms with Crippen LogP contribution in [-0.4, -0.2) is 29.2 Å². The van der Waals surface area contributed by atoms with Crippen molar-refractivity contribution in [2.45, 2.75) is 57.9 Å². The highest BCUT2D eigenvalue weighted by Gasteiger charge is 2.30. The number of nitrogens with one attached hydrogen (secondary N) is 2.